The fraction of sp³-hybridized carbons (Fsp3) is 0.562. The molecule has 0 bridgehead atoms. The van der Waals surface area contributed by atoms with Gasteiger partial charge in [-0.1, -0.05) is 29.8 Å². The third kappa shape index (κ3) is 3.80. The first-order chi connectivity index (χ1) is 9.06. The van der Waals surface area contributed by atoms with E-state index in [1.807, 2.05) is 11.9 Å². The number of rotatable bonds is 3. The lowest BCUT2D eigenvalue weighted by molar-refractivity contribution is -0.136. The van der Waals surface area contributed by atoms with Crippen molar-refractivity contribution in [3.05, 3.63) is 35.4 Å². The van der Waals surface area contributed by atoms with Crippen LogP contribution in [0.4, 0.5) is 0 Å². The van der Waals surface area contributed by atoms with Crippen LogP contribution >= 0.6 is 0 Å². The van der Waals surface area contributed by atoms with Crippen LogP contribution < -0.4 is 0 Å². The number of hydrogen-bond acceptors (Lipinski definition) is 2. The molecule has 2 rings (SSSR count). The van der Waals surface area contributed by atoms with Crippen molar-refractivity contribution in [3.63, 3.8) is 0 Å². The van der Waals surface area contributed by atoms with Gasteiger partial charge in [0.15, 0.2) is 0 Å². The van der Waals surface area contributed by atoms with Gasteiger partial charge in [0.1, 0.15) is 0 Å². The van der Waals surface area contributed by atoms with Gasteiger partial charge in [0, 0.05) is 20.1 Å². The van der Waals surface area contributed by atoms with E-state index in [4.69, 9.17) is 0 Å². The monoisotopic (exact) mass is 260 g/mol. The van der Waals surface area contributed by atoms with Gasteiger partial charge in [-0.2, -0.15) is 0 Å². The summed E-state index contributed by atoms with van der Waals surface area (Å²) in [6.07, 6.45) is 2.16. The minimum atomic E-state index is 0.175. The van der Waals surface area contributed by atoms with Crippen molar-refractivity contribution in [1.82, 2.24) is 9.80 Å². The maximum atomic E-state index is 12.4. The highest BCUT2D eigenvalue weighted by Gasteiger charge is 2.26. The van der Waals surface area contributed by atoms with E-state index in [1.54, 1.807) is 0 Å². The van der Waals surface area contributed by atoms with Crippen LogP contribution in [0.15, 0.2) is 24.3 Å². The summed E-state index contributed by atoms with van der Waals surface area (Å²) in [5, 5.41) is 0. The van der Waals surface area contributed by atoms with E-state index in [0.29, 0.717) is 6.54 Å². The number of carbonyl (C=O) groups excluding carboxylic acids is 1. The molecule has 1 fully saturated rings. The summed E-state index contributed by atoms with van der Waals surface area (Å²) >= 11 is 0. The van der Waals surface area contributed by atoms with Gasteiger partial charge in [-0.15, -0.1) is 0 Å². The quantitative estimate of drug-likeness (QED) is 0.832. The second-order valence-electron chi connectivity index (χ2n) is 5.78. The molecule has 3 heteroatoms. The Morgan fingerprint density at radius 3 is 2.68 bits per heavy atom. The molecule has 1 aromatic carbocycles. The van der Waals surface area contributed by atoms with Crippen LogP contribution in [0.1, 0.15) is 24.0 Å². The molecule has 1 amide bonds. The largest absolute Gasteiger partial charge is 0.341 e. The maximum absolute atomic E-state index is 12.4. The van der Waals surface area contributed by atoms with E-state index in [-0.39, 0.29) is 11.8 Å². The molecule has 1 aromatic rings. The molecule has 19 heavy (non-hydrogen) atoms. The van der Waals surface area contributed by atoms with E-state index >= 15 is 0 Å². The van der Waals surface area contributed by atoms with E-state index in [1.165, 1.54) is 11.1 Å². The fourth-order valence-electron chi connectivity index (χ4n) is 2.72. The second kappa shape index (κ2) is 6.20. The van der Waals surface area contributed by atoms with Gasteiger partial charge < -0.3 is 9.80 Å². The predicted octanol–water partition coefficient (Wildman–Crippen LogP) is 2.30. The average Bonchev–Trinajstić information content (AvgIpc) is 2.40. The third-order valence-electron chi connectivity index (χ3n) is 3.89. The van der Waals surface area contributed by atoms with Crippen molar-refractivity contribution >= 4 is 5.91 Å². The summed E-state index contributed by atoms with van der Waals surface area (Å²) in [5.74, 6) is 0.460. The van der Waals surface area contributed by atoms with Gasteiger partial charge in [0.2, 0.25) is 5.91 Å². The van der Waals surface area contributed by atoms with Crippen LogP contribution in [-0.4, -0.2) is 42.9 Å². The summed E-state index contributed by atoms with van der Waals surface area (Å²) in [7, 11) is 4.01. The Bertz CT molecular complexity index is 427. The summed E-state index contributed by atoms with van der Waals surface area (Å²) in [5.41, 5.74) is 2.46. The van der Waals surface area contributed by atoms with Crippen molar-refractivity contribution < 1.29 is 4.79 Å². The average molecular weight is 260 g/mol. The Kier molecular flexibility index (Phi) is 4.59. The summed E-state index contributed by atoms with van der Waals surface area (Å²) in [4.78, 5) is 16.5. The normalized spacial score (nSPS) is 20.3. The molecule has 104 valence electrons. The maximum Gasteiger partial charge on any atom is 0.227 e. The van der Waals surface area contributed by atoms with Gasteiger partial charge in [-0.05, 0) is 38.9 Å². The minimum absolute atomic E-state index is 0.175. The van der Waals surface area contributed by atoms with E-state index < -0.39 is 0 Å². The van der Waals surface area contributed by atoms with Crippen LogP contribution in [0.3, 0.4) is 0 Å². The van der Waals surface area contributed by atoms with Crippen LogP contribution in [-0.2, 0) is 11.3 Å². The van der Waals surface area contributed by atoms with Crippen LogP contribution in [0.2, 0.25) is 0 Å². The van der Waals surface area contributed by atoms with Gasteiger partial charge in [0.25, 0.3) is 0 Å². The van der Waals surface area contributed by atoms with Crippen molar-refractivity contribution in [2.24, 2.45) is 5.92 Å². The summed E-state index contributed by atoms with van der Waals surface area (Å²) in [6.45, 7) is 4.80. The molecule has 3 nitrogen and oxygen atoms in total. The smallest absolute Gasteiger partial charge is 0.227 e. The Morgan fingerprint density at radius 2 is 2.05 bits per heavy atom. The molecule has 0 radical (unpaired) electrons. The Morgan fingerprint density at radius 1 is 1.37 bits per heavy atom. The zero-order chi connectivity index (χ0) is 13.8. The lowest BCUT2D eigenvalue weighted by Crippen LogP contribution is -2.41. The number of piperidine rings is 1. The molecule has 0 N–H and O–H groups in total. The number of carbonyl (C=O) groups is 1. The van der Waals surface area contributed by atoms with Crippen molar-refractivity contribution in [3.8, 4) is 0 Å². The van der Waals surface area contributed by atoms with Crippen molar-refractivity contribution in [2.45, 2.75) is 26.3 Å². The summed E-state index contributed by atoms with van der Waals surface area (Å²) in [6, 6.07) is 8.41. The Labute approximate surface area is 116 Å². The first kappa shape index (κ1) is 14.1. The highest BCUT2D eigenvalue weighted by atomic mass is 16.2. The predicted molar refractivity (Wildman–Crippen MR) is 77.9 cm³/mol. The van der Waals surface area contributed by atoms with Gasteiger partial charge >= 0.3 is 0 Å². The van der Waals surface area contributed by atoms with E-state index in [2.05, 4.69) is 43.1 Å². The van der Waals surface area contributed by atoms with E-state index in [0.717, 1.165) is 25.9 Å². The summed E-state index contributed by atoms with van der Waals surface area (Å²) < 4.78 is 0. The molecule has 1 aliphatic rings. The molecule has 0 aliphatic carbocycles. The molecule has 1 heterocycles. The number of aryl methyl sites for hydroxylation is 1. The molecular formula is C16H24N2O. The number of likely N-dealkylation sites (tertiary alicyclic amines) is 1. The van der Waals surface area contributed by atoms with Crippen molar-refractivity contribution in [1.29, 1.82) is 0 Å². The highest BCUT2D eigenvalue weighted by molar-refractivity contribution is 5.78. The molecule has 0 aromatic heterocycles. The lowest BCUT2D eigenvalue weighted by Gasteiger charge is -2.31. The Balaban J connectivity index is 1.93. The molecule has 0 saturated carbocycles. The van der Waals surface area contributed by atoms with Gasteiger partial charge in [-0.25, -0.2) is 0 Å². The van der Waals surface area contributed by atoms with Gasteiger partial charge in [0.05, 0.1) is 5.92 Å². The number of hydrogen-bond donors (Lipinski definition) is 0. The second-order valence-corrected chi connectivity index (χ2v) is 5.78. The lowest BCUT2D eigenvalue weighted by atomic mass is 9.97. The zero-order valence-corrected chi connectivity index (χ0v) is 12.2. The van der Waals surface area contributed by atoms with Crippen molar-refractivity contribution in [2.75, 3.05) is 27.2 Å². The first-order valence-electron chi connectivity index (χ1n) is 7.05. The standard InChI is InChI=1S/C16H24N2O/c1-13-6-8-14(9-7-13)11-18(3)16(19)15-5-4-10-17(2)12-15/h6-9,15H,4-5,10-12H2,1-3H3/t15-/m1/s1. The third-order valence-corrected chi connectivity index (χ3v) is 3.89. The SMILES string of the molecule is Cc1ccc(CN(C)C(=O)[C@@H]2CCCN(C)C2)cc1. The number of benzene rings is 1. The Hall–Kier alpha value is -1.35. The van der Waals surface area contributed by atoms with Crippen LogP contribution in [0.25, 0.3) is 0 Å². The number of nitrogens with zero attached hydrogens (tertiary/aromatic N) is 2. The molecule has 1 aliphatic heterocycles. The molecule has 0 spiro atoms. The van der Waals surface area contributed by atoms with Crippen LogP contribution in [0.5, 0.6) is 0 Å². The fourth-order valence-corrected chi connectivity index (χ4v) is 2.72. The topological polar surface area (TPSA) is 23.6 Å². The number of amides is 1. The molecule has 1 atom stereocenters. The molecule has 0 unspecified atom stereocenters. The zero-order valence-electron chi connectivity index (χ0n) is 12.2. The molecular weight excluding hydrogens is 236 g/mol. The first-order valence-corrected chi connectivity index (χ1v) is 7.05. The highest BCUT2D eigenvalue weighted by Crippen LogP contribution is 2.18. The molecule has 1 saturated heterocycles. The van der Waals surface area contributed by atoms with E-state index in [9.17, 15) is 4.79 Å². The van der Waals surface area contributed by atoms with Gasteiger partial charge in [-0.3, -0.25) is 4.79 Å². The van der Waals surface area contributed by atoms with Crippen LogP contribution in [0, 0.1) is 12.8 Å². The minimum Gasteiger partial charge on any atom is -0.341 e.